The van der Waals surface area contributed by atoms with Gasteiger partial charge in [0.15, 0.2) is 0 Å². The zero-order valence-corrected chi connectivity index (χ0v) is 15.8. The molecule has 2 aromatic carbocycles. The number of nitrogens with one attached hydrogen (secondary N) is 1. The maximum Gasteiger partial charge on any atom is 0.274 e. The zero-order chi connectivity index (χ0) is 20.5. The van der Waals surface area contributed by atoms with Crippen LogP contribution in [0.4, 0.5) is 4.39 Å². The normalized spacial score (nSPS) is 10.4. The highest BCUT2D eigenvalue weighted by Crippen LogP contribution is 2.10. The van der Waals surface area contributed by atoms with Gasteiger partial charge in [-0.05, 0) is 23.3 Å². The molecule has 0 bridgehead atoms. The number of benzene rings is 2. The minimum atomic E-state index is -0.346. The van der Waals surface area contributed by atoms with Gasteiger partial charge in [0, 0.05) is 38.4 Å². The number of carbonyl (C=O) groups is 2. The number of hydrogen-bond acceptors (Lipinski definition) is 4. The average molecular weight is 392 g/mol. The Kier molecular flexibility index (Phi) is 7.00. The second-order valence-corrected chi connectivity index (χ2v) is 6.46. The standard InChI is InChI=1S/C22H21FN4O2/c23-19-8-6-18(7-9-19)16-27(22(29)20-15-24-11-12-25-20)13-10-21(28)26-14-17-4-2-1-3-5-17/h1-9,11-12,15H,10,13-14,16H2,(H,26,28). The molecule has 1 heterocycles. The molecule has 7 heteroatoms. The highest BCUT2D eigenvalue weighted by atomic mass is 19.1. The number of rotatable bonds is 8. The van der Waals surface area contributed by atoms with E-state index in [4.69, 9.17) is 0 Å². The molecule has 0 spiro atoms. The van der Waals surface area contributed by atoms with Gasteiger partial charge in [-0.2, -0.15) is 0 Å². The summed E-state index contributed by atoms with van der Waals surface area (Å²) in [7, 11) is 0. The third-order valence-corrected chi connectivity index (χ3v) is 4.30. The molecule has 0 saturated carbocycles. The summed E-state index contributed by atoms with van der Waals surface area (Å²) in [5.41, 5.74) is 1.95. The van der Waals surface area contributed by atoms with Crippen molar-refractivity contribution in [1.82, 2.24) is 20.2 Å². The van der Waals surface area contributed by atoms with E-state index in [0.717, 1.165) is 11.1 Å². The van der Waals surface area contributed by atoms with Crippen LogP contribution in [0.25, 0.3) is 0 Å². The van der Waals surface area contributed by atoms with Crippen LogP contribution in [0, 0.1) is 5.82 Å². The summed E-state index contributed by atoms with van der Waals surface area (Å²) in [5.74, 6) is -0.843. The maximum atomic E-state index is 13.2. The van der Waals surface area contributed by atoms with Crippen LogP contribution >= 0.6 is 0 Å². The molecular formula is C22H21FN4O2. The van der Waals surface area contributed by atoms with Gasteiger partial charge in [0.05, 0.1) is 6.20 Å². The zero-order valence-electron chi connectivity index (χ0n) is 15.8. The molecule has 0 saturated heterocycles. The molecule has 0 atom stereocenters. The quantitative estimate of drug-likeness (QED) is 0.640. The lowest BCUT2D eigenvalue weighted by Crippen LogP contribution is -2.35. The van der Waals surface area contributed by atoms with E-state index in [1.165, 1.54) is 35.6 Å². The van der Waals surface area contributed by atoms with E-state index in [0.29, 0.717) is 6.54 Å². The van der Waals surface area contributed by atoms with Crippen molar-refractivity contribution in [2.24, 2.45) is 0 Å². The summed E-state index contributed by atoms with van der Waals surface area (Å²) in [6.07, 6.45) is 4.45. The summed E-state index contributed by atoms with van der Waals surface area (Å²) in [4.78, 5) is 34.6. The lowest BCUT2D eigenvalue weighted by molar-refractivity contribution is -0.121. The molecule has 0 aliphatic carbocycles. The van der Waals surface area contributed by atoms with Crippen LogP contribution in [-0.2, 0) is 17.9 Å². The van der Waals surface area contributed by atoms with Crippen LogP contribution in [-0.4, -0.2) is 33.2 Å². The van der Waals surface area contributed by atoms with Crippen LogP contribution in [0.15, 0.2) is 73.2 Å². The SMILES string of the molecule is O=C(CCN(Cc1ccc(F)cc1)C(=O)c1cnccn1)NCc1ccccc1. The Balaban J connectivity index is 1.63. The summed E-state index contributed by atoms with van der Waals surface area (Å²) in [6.45, 7) is 0.866. The van der Waals surface area contributed by atoms with E-state index >= 15 is 0 Å². The third-order valence-electron chi connectivity index (χ3n) is 4.30. The van der Waals surface area contributed by atoms with E-state index in [1.54, 1.807) is 12.1 Å². The van der Waals surface area contributed by atoms with E-state index in [-0.39, 0.29) is 42.8 Å². The van der Waals surface area contributed by atoms with Gasteiger partial charge in [-0.25, -0.2) is 9.37 Å². The second-order valence-electron chi connectivity index (χ2n) is 6.46. The Labute approximate surface area is 168 Å². The Hall–Kier alpha value is -3.61. The molecule has 0 radical (unpaired) electrons. The largest absolute Gasteiger partial charge is 0.352 e. The van der Waals surface area contributed by atoms with Gasteiger partial charge in [0.2, 0.25) is 5.91 Å². The summed E-state index contributed by atoms with van der Waals surface area (Å²) in [6, 6.07) is 15.5. The van der Waals surface area contributed by atoms with Gasteiger partial charge < -0.3 is 10.2 Å². The second kappa shape index (κ2) is 10.1. The van der Waals surface area contributed by atoms with Gasteiger partial charge in [0.1, 0.15) is 11.5 Å². The highest BCUT2D eigenvalue weighted by Gasteiger charge is 2.19. The molecule has 0 aliphatic rings. The molecule has 148 valence electrons. The lowest BCUT2D eigenvalue weighted by atomic mass is 10.2. The summed E-state index contributed by atoms with van der Waals surface area (Å²) in [5, 5.41) is 2.85. The van der Waals surface area contributed by atoms with Crippen LogP contribution in [0.2, 0.25) is 0 Å². The molecule has 0 unspecified atom stereocenters. The Morgan fingerprint density at radius 3 is 2.41 bits per heavy atom. The first-order valence-corrected chi connectivity index (χ1v) is 9.22. The molecule has 29 heavy (non-hydrogen) atoms. The minimum Gasteiger partial charge on any atom is -0.352 e. The van der Waals surface area contributed by atoms with E-state index in [1.807, 2.05) is 30.3 Å². The van der Waals surface area contributed by atoms with E-state index in [2.05, 4.69) is 15.3 Å². The van der Waals surface area contributed by atoms with Crippen LogP contribution in [0.5, 0.6) is 0 Å². The van der Waals surface area contributed by atoms with Crippen molar-refractivity contribution in [3.63, 3.8) is 0 Å². The lowest BCUT2D eigenvalue weighted by Gasteiger charge is -2.22. The summed E-state index contributed by atoms with van der Waals surface area (Å²) >= 11 is 0. The molecule has 1 aromatic heterocycles. The van der Waals surface area contributed by atoms with Gasteiger partial charge >= 0.3 is 0 Å². The average Bonchev–Trinajstić information content (AvgIpc) is 2.77. The first kappa shape index (κ1) is 20.1. The molecule has 1 N–H and O–H groups in total. The van der Waals surface area contributed by atoms with Gasteiger partial charge in [-0.1, -0.05) is 42.5 Å². The number of hydrogen-bond donors (Lipinski definition) is 1. The van der Waals surface area contributed by atoms with Crippen LogP contribution in [0.3, 0.4) is 0 Å². The van der Waals surface area contributed by atoms with Gasteiger partial charge in [-0.15, -0.1) is 0 Å². The van der Waals surface area contributed by atoms with Crippen molar-refractivity contribution < 1.29 is 14.0 Å². The predicted molar refractivity (Wildman–Crippen MR) is 106 cm³/mol. The number of carbonyl (C=O) groups excluding carboxylic acids is 2. The monoisotopic (exact) mass is 392 g/mol. The molecule has 0 fully saturated rings. The van der Waals surface area contributed by atoms with Crippen molar-refractivity contribution in [2.75, 3.05) is 6.54 Å². The predicted octanol–water partition coefficient (Wildman–Crippen LogP) is 2.96. The fourth-order valence-corrected chi connectivity index (χ4v) is 2.76. The van der Waals surface area contributed by atoms with E-state index < -0.39 is 0 Å². The maximum absolute atomic E-state index is 13.2. The molecule has 3 rings (SSSR count). The van der Waals surface area contributed by atoms with Gasteiger partial charge in [-0.3, -0.25) is 14.6 Å². The number of halogens is 1. The first-order valence-electron chi connectivity index (χ1n) is 9.22. The van der Waals surface area contributed by atoms with Crippen molar-refractivity contribution in [1.29, 1.82) is 0 Å². The smallest absolute Gasteiger partial charge is 0.274 e. The third kappa shape index (κ3) is 6.21. The highest BCUT2D eigenvalue weighted by molar-refractivity contribution is 5.92. The van der Waals surface area contributed by atoms with Gasteiger partial charge in [0.25, 0.3) is 5.91 Å². The number of aromatic nitrogens is 2. The number of amides is 2. The van der Waals surface area contributed by atoms with Crippen molar-refractivity contribution >= 4 is 11.8 Å². The fraction of sp³-hybridized carbons (Fsp3) is 0.182. The van der Waals surface area contributed by atoms with Crippen molar-refractivity contribution in [3.05, 3.63) is 95.8 Å². The Morgan fingerprint density at radius 2 is 1.72 bits per heavy atom. The van der Waals surface area contributed by atoms with Crippen LogP contribution in [0.1, 0.15) is 28.0 Å². The molecule has 2 amide bonds. The Morgan fingerprint density at radius 1 is 0.966 bits per heavy atom. The van der Waals surface area contributed by atoms with Crippen molar-refractivity contribution in [2.45, 2.75) is 19.5 Å². The van der Waals surface area contributed by atoms with Crippen LogP contribution < -0.4 is 5.32 Å². The number of nitrogens with zero attached hydrogens (tertiary/aromatic N) is 3. The minimum absolute atomic E-state index is 0.139. The molecule has 0 aliphatic heterocycles. The first-order chi connectivity index (χ1) is 14.1. The fourth-order valence-electron chi connectivity index (χ4n) is 2.76. The van der Waals surface area contributed by atoms with E-state index in [9.17, 15) is 14.0 Å². The van der Waals surface area contributed by atoms with Crippen molar-refractivity contribution in [3.8, 4) is 0 Å². The molecular weight excluding hydrogens is 371 g/mol. The molecule has 3 aromatic rings. The summed E-state index contributed by atoms with van der Waals surface area (Å²) < 4.78 is 13.2. The molecule has 6 nitrogen and oxygen atoms in total. The topological polar surface area (TPSA) is 75.2 Å². The Bertz CT molecular complexity index is 934.